The Morgan fingerprint density at radius 2 is 1.07 bits per heavy atom. The van der Waals surface area contributed by atoms with Gasteiger partial charge in [-0.3, -0.25) is 9.59 Å². The molecule has 0 unspecified atom stereocenters. The van der Waals surface area contributed by atoms with Gasteiger partial charge in [-0.05, 0) is 182 Å². The van der Waals surface area contributed by atoms with Gasteiger partial charge in [-0.1, -0.05) is 46.0 Å². The minimum absolute atomic E-state index is 0. The summed E-state index contributed by atoms with van der Waals surface area (Å²) >= 11 is 5.32. The first-order chi connectivity index (χ1) is 39.8. The van der Waals surface area contributed by atoms with Gasteiger partial charge >= 0.3 is 12.2 Å². The molecule has 6 fully saturated rings. The normalized spacial score (nSPS) is 23.3. The summed E-state index contributed by atoms with van der Waals surface area (Å²) in [5.41, 5.74) is 2.46. The molecule has 452 valence electrons. The highest BCUT2D eigenvalue weighted by atomic mass is 35.5. The van der Waals surface area contributed by atoms with Gasteiger partial charge in [0.25, 0.3) is 0 Å². The first-order valence-electron chi connectivity index (χ1n) is 29.9. The maximum atomic E-state index is 14.5. The lowest BCUT2D eigenvalue weighted by molar-refractivity contribution is -0.137. The van der Waals surface area contributed by atoms with Crippen molar-refractivity contribution in [3.05, 3.63) is 114 Å². The molecule has 84 heavy (non-hydrogen) atoms. The summed E-state index contributed by atoms with van der Waals surface area (Å²) in [6.45, 7) is 12.9. The number of hydrogen-bond acceptors (Lipinski definition) is 11. The number of fused-ring (bicyclic) bond motifs is 4. The summed E-state index contributed by atoms with van der Waals surface area (Å²) in [5, 5.41) is 8.25. The summed E-state index contributed by atoms with van der Waals surface area (Å²) in [6, 6.07) is 12.0. The van der Waals surface area contributed by atoms with Crippen LogP contribution in [0.3, 0.4) is 0 Å². The van der Waals surface area contributed by atoms with Crippen molar-refractivity contribution < 1.29 is 37.4 Å². The fourth-order valence-corrected chi connectivity index (χ4v) is 14.4. The Labute approximate surface area is 497 Å². The molecule has 6 aromatic rings. The quantitative estimate of drug-likeness (QED) is 0.100. The lowest BCUT2D eigenvalue weighted by Gasteiger charge is -2.36. The molecule has 17 nitrogen and oxygen atoms in total. The first kappa shape index (κ1) is 61.7. The third-order valence-electron chi connectivity index (χ3n) is 17.6. The number of hydrogen-bond donors (Lipinski definition) is 4. The number of H-pyrrole nitrogens is 2. The molecule has 6 aliphatic rings. The van der Waals surface area contributed by atoms with Gasteiger partial charge in [0, 0.05) is 96.5 Å². The second kappa shape index (κ2) is 26.6. The van der Waals surface area contributed by atoms with E-state index < -0.39 is 35.5 Å². The zero-order chi connectivity index (χ0) is 58.6. The molecule has 2 aromatic carbocycles. The van der Waals surface area contributed by atoms with Gasteiger partial charge in [0.05, 0.1) is 12.1 Å². The second-order valence-corrected chi connectivity index (χ2v) is 25.7. The number of halogens is 3. The molecular formula is C64H84ClF2N11O6. The number of likely N-dealkylation sites (tertiary alicyclic amines) is 2. The zero-order valence-electron chi connectivity index (χ0n) is 48.6. The van der Waals surface area contributed by atoms with Gasteiger partial charge in [-0.2, -0.15) is 0 Å². The van der Waals surface area contributed by atoms with Crippen LogP contribution >= 0.6 is 11.6 Å². The Bertz CT molecular complexity index is 3200. The van der Waals surface area contributed by atoms with Crippen LogP contribution in [0.5, 0.6) is 0 Å². The fraction of sp³-hybridized carbons (Fsp3) is 0.562. The summed E-state index contributed by atoms with van der Waals surface area (Å²) in [5.74, 6) is 0.888. The number of rotatable bonds is 9. The van der Waals surface area contributed by atoms with Crippen LogP contribution in [0.2, 0.25) is 5.28 Å². The van der Waals surface area contributed by atoms with Gasteiger partial charge in [0.2, 0.25) is 23.0 Å². The predicted octanol–water partition coefficient (Wildman–Crippen LogP) is 12.8. The van der Waals surface area contributed by atoms with E-state index in [0.29, 0.717) is 30.2 Å². The SMILES string of the molecule is C.CC(C)(C)OC(=O)N[C@H](C(=O)N1CC[C@@H]2[C@H]1[C@@H](c1c[nH]c3cc(F)ccc13)CN2c1ncccn1)C1CCCCC1.CC(C)(C)OC(=O)N[C@H](C(=O)N1CC[C@H]2CC[C@H](c3c[nH]c4cc(F)ccc34)[C@H]21)C1CCCCC1.Clc1ncccn1. The average Bonchev–Trinajstić information content (AvgIpc) is 2.41. The molecule has 0 bridgehead atoms. The number of amides is 4. The lowest BCUT2D eigenvalue weighted by Crippen LogP contribution is -2.55. The molecule has 12 rings (SSSR count). The van der Waals surface area contributed by atoms with Crippen LogP contribution in [-0.2, 0) is 19.1 Å². The van der Waals surface area contributed by atoms with Crippen molar-refractivity contribution >= 4 is 63.4 Å². The predicted molar refractivity (Wildman–Crippen MR) is 321 cm³/mol. The highest BCUT2D eigenvalue weighted by molar-refractivity contribution is 6.28. The average molecular weight is 1180 g/mol. The maximum Gasteiger partial charge on any atom is 0.408 e. The Morgan fingerprint density at radius 1 is 0.607 bits per heavy atom. The number of ether oxygens (including phenoxy) is 2. The maximum absolute atomic E-state index is 14.5. The van der Waals surface area contributed by atoms with Gasteiger partial charge in [-0.25, -0.2) is 38.3 Å². The molecular weight excluding hydrogens is 1090 g/mol. The molecule has 8 atom stereocenters. The standard InChI is InChI=1S/C31H39FN6O3.C28H38FN3O3.C4H3ClN2.CH4/c1-31(2,3)41-30(40)36-26(19-8-5-4-6-9-19)28(39)37-15-12-25-27(37)23(18-38(25)29-33-13-7-14-34-29)22-17-35-24-16-20(32)10-11-21(22)24;1-28(2,3)35-27(34)31-24(17-7-5-4-6-8-17)26(33)32-14-13-18-9-11-21(25(18)32)22-16-30-23-15-19(29)10-12-20(22)23;5-4-6-2-1-3-7-4;/h7,10-11,13-14,16-17,19,23,25-27,35H,4-6,8-9,12,15,18H2,1-3H3,(H,36,40);10,12,15-18,21,24-25,30H,4-9,11,13-14H2,1-3H3,(H,31,34);1-3H;1H4/t23-,25-,26+,27-;18-,21-,24+,25+;;/m11../s1. The number of aromatic amines is 2. The van der Waals surface area contributed by atoms with Crippen molar-refractivity contribution in [3.63, 3.8) is 0 Å². The smallest absolute Gasteiger partial charge is 0.408 e. The lowest BCUT2D eigenvalue weighted by atomic mass is 9.83. The van der Waals surface area contributed by atoms with Crippen LogP contribution in [0, 0.1) is 29.4 Å². The molecule has 3 aliphatic heterocycles. The summed E-state index contributed by atoms with van der Waals surface area (Å²) < 4.78 is 38.9. The van der Waals surface area contributed by atoms with Crippen molar-refractivity contribution in [3.8, 4) is 0 Å². The Hall–Kier alpha value is -6.89. The molecule has 4 aromatic heterocycles. The van der Waals surface area contributed by atoms with Crippen molar-refractivity contribution in [1.29, 1.82) is 0 Å². The number of carbonyl (C=O) groups is 4. The van der Waals surface area contributed by atoms with Crippen molar-refractivity contribution in [1.82, 2.24) is 50.3 Å². The number of alkyl carbamates (subject to hydrolysis) is 2. The van der Waals surface area contributed by atoms with E-state index in [2.05, 4.69) is 50.3 Å². The molecule has 3 saturated carbocycles. The number of anilines is 1. The molecule has 4 amide bonds. The topological polar surface area (TPSA) is 204 Å². The monoisotopic (exact) mass is 1180 g/mol. The van der Waals surface area contributed by atoms with Crippen LogP contribution in [0.1, 0.15) is 162 Å². The van der Waals surface area contributed by atoms with E-state index in [-0.39, 0.29) is 72.7 Å². The molecule has 3 saturated heterocycles. The van der Waals surface area contributed by atoms with E-state index in [1.807, 2.05) is 71.0 Å². The van der Waals surface area contributed by atoms with E-state index in [1.54, 1.807) is 36.9 Å². The minimum Gasteiger partial charge on any atom is -0.444 e. The molecule has 3 aliphatic carbocycles. The Kier molecular flexibility index (Phi) is 19.5. The van der Waals surface area contributed by atoms with Gasteiger partial charge < -0.3 is 44.8 Å². The van der Waals surface area contributed by atoms with E-state index in [0.717, 1.165) is 117 Å². The van der Waals surface area contributed by atoms with Crippen LogP contribution in [0.25, 0.3) is 21.8 Å². The summed E-state index contributed by atoms with van der Waals surface area (Å²) in [7, 11) is 0. The van der Waals surface area contributed by atoms with Crippen LogP contribution in [0.15, 0.2) is 85.7 Å². The molecule has 7 heterocycles. The van der Waals surface area contributed by atoms with Crippen molar-refractivity contribution in [2.75, 3.05) is 24.5 Å². The van der Waals surface area contributed by atoms with E-state index in [4.69, 9.17) is 21.1 Å². The van der Waals surface area contributed by atoms with Crippen molar-refractivity contribution in [2.24, 2.45) is 17.8 Å². The van der Waals surface area contributed by atoms with Gasteiger partial charge in [-0.15, -0.1) is 0 Å². The second-order valence-electron chi connectivity index (χ2n) is 25.4. The number of aromatic nitrogens is 6. The summed E-state index contributed by atoms with van der Waals surface area (Å²) in [6.07, 6.45) is 23.7. The minimum atomic E-state index is -0.662. The number of nitrogens with zero attached hydrogens (tertiary/aromatic N) is 7. The van der Waals surface area contributed by atoms with E-state index in [1.165, 1.54) is 36.2 Å². The highest BCUT2D eigenvalue weighted by Crippen LogP contribution is 2.49. The number of nitrogens with one attached hydrogen (secondary N) is 4. The van der Waals surface area contributed by atoms with Crippen LogP contribution in [-0.4, -0.2) is 125 Å². The molecule has 4 N–H and O–H groups in total. The Morgan fingerprint density at radius 3 is 1.55 bits per heavy atom. The first-order valence-corrected chi connectivity index (χ1v) is 30.3. The van der Waals surface area contributed by atoms with Crippen LogP contribution in [0.4, 0.5) is 24.3 Å². The molecule has 20 heteroatoms. The molecule has 0 radical (unpaired) electrons. The third-order valence-corrected chi connectivity index (χ3v) is 17.8. The van der Waals surface area contributed by atoms with E-state index >= 15 is 0 Å². The number of carbonyl (C=O) groups excluding carboxylic acids is 4. The molecule has 0 spiro atoms. The van der Waals surface area contributed by atoms with Gasteiger partial charge in [0.1, 0.15) is 34.9 Å². The fourth-order valence-electron chi connectivity index (χ4n) is 14.2. The largest absolute Gasteiger partial charge is 0.444 e. The Balaban J connectivity index is 0.000000180. The number of benzene rings is 2. The zero-order valence-corrected chi connectivity index (χ0v) is 49.3. The highest BCUT2D eigenvalue weighted by Gasteiger charge is 2.54. The van der Waals surface area contributed by atoms with Crippen molar-refractivity contribution in [2.45, 2.75) is 192 Å². The van der Waals surface area contributed by atoms with Crippen LogP contribution < -0.4 is 15.5 Å². The van der Waals surface area contributed by atoms with Gasteiger partial charge in [0.15, 0.2) is 0 Å². The summed E-state index contributed by atoms with van der Waals surface area (Å²) in [4.78, 5) is 83.4. The third kappa shape index (κ3) is 14.3. The van der Waals surface area contributed by atoms with E-state index in [9.17, 15) is 28.0 Å².